The first-order valence-electron chi connectivity index (χ1n) is 4.37. The van der Waals surface area contributed by atoms with Crippen molar-refractivity contribution in [2.24, 2.45) is 11.1 Å². The summed E-state index contributed by atoms with van der Waals surface area (Å²) in [5.41, 5.74) is 7.07. The third kappa shape index (κ3) is 1.25. The minimum atomic E-state index is -0.239. The maximum Gasteiger partial charge on any atom is 0.0642 e. The average Bonchev–Trinajstić information content (AvgIpc) is 2.53. The van der Waals surface area contributed by atoms with Crippen molar-refractivity contribution in [3.05, 3.63) is 29.0 Å². The van der Waals surface area contributed by atoms with Crippen LogP contribution in [0.15, 0.2) is 18.3 Å². The normalized spacial score (nSPS) is 30.2. The zero-order valence-corrected chi connectivity index (χ0v) is 8.60. The second-order valence-corrected chi connectivity index (χ2v) is 4.83. The van der Waals surface area contributed by atoms with Crippen LogP contribution in [0.3, 0.4) is 0 Å². The lowest BCUT2D eigenvalue weighted by Crippen LogP contribution is -2.26. The predicted molar refractivity (Wildman–Crippen MR) is 53.5 cm³/mol. The molecule has 1 heterocycles. The lowest BCUT2D eigenvalue weighted by Gasteiger charge is -2.13. The zero-order chi connectivity index (χ0) is 9.69. The Morgan fingerprint density at radius 3 is 2.46 bits per heavy atom. The van der Waals surface area contributed by atoms with Crippen LogP contribution in [0.2, 0.25) is 5.02 Å². The highest BCUT2D eigenvalue weighted by Crippen LogP contribution is 2.59. The van der Waals surface area contributed by atoms with Crippen molar-refractivity contribution in [3.8, 4) is 0 Å². The van der Waals surface area contributed by atoms with Crippen molar-refractivity contribution >= 4 is 11.6 Å². The summed E-state index contributed by atoms with van der Waals surface area (Å²) in [6.45, 7) is 4.31. The van der Waals surface area contributed by atoms with E-state index in [1.165, 1.54) is 0 Å². The summed E-state index contributed by atoms with van der Waals surface area (Å²) in [6, 6.07) is 3.75. The topological polar surface area (TPSA) is 38.9 Å². The van der Waals surface area contributed by atoms with E-state index in [4.69, 9.17) is 17.3 Å². The standard InChI is InChI=1S/C10H13ClN2/c1-9(2)6-10(9,12)8-4-3-7(11)5-13-8/h3-5H,6,12H2,1-2H3. The summed E-state index contributed by atoms with van der Waals surface area (Å²) in [4.78, 5) is 4.25. The number of nitrogens with two attached hydrogens (primary N) is 1. The third-order valence-corrected chi connectivity index (χ3v) is 3.21. The number of rotatable bonds is 1. The molecule has 0 aliphatic heterocycles. The second-order valence-electron chi connectivity index (χ2n) is 4.39. The van der Waals surface area contributed by atoms with Crippen molar-refractivity contribution in [2.75, 3.05) is 0 Å². The van der Waals surface area contributed by atoms with Crippen LogP contribution in [0.4, 0.5) is 0 Å². The smallest absolute Gasteiger partial charge is 0.0642 e. The van der Waals surface area contributed by atoms with Crippen molar-refractivity contribution in [1.82, 2.24) is 4.98 Å². The third-order valence-electron chi connectivity index (χ3n) is 2.99. The first kappa shape index (κ1) is 8.97. The molecule has 0 bridgehead atoms. The average molecular weight is 197 g/mol. The van der Waals surface area contributed by atoms with E-state index < -0.39 is 0 Å². The van der Waals surface area contributed by atoms with Crippen LogP contribution >= 0.6 is 11.6 Å². The molecule has 1 unspecified atom stereocenters. The minimum absolute atomic E-state index is 0.174. The maximum absolute atomic E-state index is 6.19. The van der Waals surface area contributed by atoms with Gasteiger partial charge in [-0.1, -0.05) is 25.4 Å². The fourth-order valence-corrected chi connectivity index (χ4v) is 1.84. The Morgan fingerprint density at radius 2 is 2.08 bits per heavy atom. The largest absolute Gasteiger partial charge is 0.320 e. The summed E-state index contributed by atoms with van der Waals surface area (Å²) in [5, 5.41) is 0.658. The van der Waals surface area contributed by atoms with E-state index in [-0.39, 0.29) is 11.0 Å². The Kier molecular flexibility index (Phi) is 1.70. The van der Waals surface area contributed by atoms with Gasteiger partial charge >= 0.3 is 0 Å². The SMILES string of the molecule is CC1(C)CC1(N)c1ccc(Cl)cn1. The van der Waals surface area contributed by atoms with Crippen molar-refractivity contribution < 1.29 is 0 Å². The van der Waals surface area contributed by atoms with Crippen LogP contribution in [0, 0.1) is 5.41 Å². The van der Waals surface area contributed by atoms with Crippen LogP contribution in [0.5, 0.6) is 0 Å². The van der Waals surface area contributed by atoms with Gasteiger partial charge in [0.05, 0.1) is 16.3 Å². The number of aromatic nitrogens is 1. The lowest BCUT2D eigenvalue weighted by atomic mass is 10.0. The van der Waals surface area contributed by atoms with Crippen LogP contribution in [-0.4, -0.2) is 4.98 Å². The van der Waals surface area contributed by atoms with E-state index in [2.05, 4.69) is 18.8 Å². The molecular formula is C10H13ClN2. The van der Waals surface area contributed by atoms with Crippen molar-refractivity contribution in [2.45, 2.75) is 25.8 Å². The van der Waals surface area contributed by atoms with Gasteiger partial charge in [-0.05, 0) is 24.0 Å². The van der Waals surface area contributed by atoms with E-state index in [1.807, 2.05) is 12.1 Å². The van der Waals surface area contributed by atoms with Gasteiger partial charge in [0, 0.05) is 6.20 Å². The fraction of sp³-hybridized carbons (Fsp3) is 0.500. The summed E-state index contributed by atoms with van der Waals surface area (Å²) < 4.78 is 0. The number of pyridine rings is 1. The number of hydrogen-bond donors (Lipinski definition) is 1. The van der Waals surface area contributed by atoms with E-state index in [0.29, 0.717) is 5.02 Å². The van der Waals surface area contributed by atoms with Gasteiger partial charge < -0.3 is 5.73 Å². The quantitative estimate of drug-likeness (QED) is 0.749. The van der Waals surface area contributed by atoms with Crippen LogP contribution in [0.25, 0.3) is 0 Å². The molecule has 1 aliphatic rings. The maximum atomic E-state index is 6.19. The van der Waals surface area contributed by atoms with Gasteiger partial charge in [0.2, 0.25) is 0 Å². The lowest BCUT2D eigenvalue weighted by molar-refractivity contribution is 0.500. The van der Waals surface area contributed by atoms with Gasteiger partial charge in [-0.3, -0.25) is 4.98 Å². The zero-order valence-electron chi connectivity index (χ0n) is 7.84. The molecule has 1 saturated carbocycles. The Balaban J connectivity index is 2.34. The van der Waals surface area contributed by atoms with E-state index in [0.717, 1.165) is 12.1 Å². The van der Waals surface area contributed by atoms with Gasteiger partial charge in [0.15, 0.2) is 0 Å². The summed E-state index contributed by atoms with van der Waals surface area (Å²) in [5.74, 6) is 0. The Bertz CT molecular complexity index is 331. The van der Waals surface area contributed by atoms with Crippen LogP contribution < -0.4 is 5.73 Å². The highest BCUT2D eigenvalue weighted by atomic mass is 35.5. The minimum Gasteiger partial charge on any atom is -0.320 e. The van der Waals surface area contributed by atoms with Crippen molar-refractivity contribution in [3.63, 3.8) is 0 Å². The van der Waals surface area contributed by atoms with Gasteiger partial charge in [-0.2, -0.15) is 0 Å². The molecule has 2 rings (SSSR count). The molecule has 0 radical (unpaired) electrons. The van der Waals surface area contributed by atoms with Crippen LogP contribution in [0.1, 0.15) is 26.0 Å². The summed E-state index contributed by atoms with van der Waals surface area (Å²) in [6.07, 6.45) is 2.65. The molecule has 2 N–H and O–H groups in total. The van der Waals surface area contributed by atoms with Crippen molar-refractivity contribution in [1.29, 1.82) is 0 Å². The summed E-state index contributed by atoms with van der Waals surface area (Å²) in [7, 11) is 0. The second kappa shape index (κ2) is 2.46. The molecule has 1 fully saturated rings. The van der Waals surface area contributed by atoms with Gasteiger partial charge in [-0.25, -0.2) is 0 Å². The molecule has 70 valence electrons. The fourth-order valence-electron chi connectivity index (χ4n) is 1.73. The first-order valence-corrected chi connectivity index (χ1v) is 4.74. The van der Waals surface area contributed by atoms with E-state index in [9.17, 15) is 0 Å². The molecule has 0 saturated heterocycles. The van der Waals surface area contributed by atoms with E-state index in [1.54, 1.807) is 6.20 Å². The van der Waals surface area contributed by atoms with Gasteiger partial charge in [-0.15, -0.1) is 0 Å². The molecule has 1 atom stereocenters. The molecule has 3 heteroatoms. The highest BCUT2D eigenvalue weighted by Gasteiger charge is 2.60. The Labute approximate surface area is 83.1 Å². The molecule has 1 aromatic heterocycles. The molecule has 1 aromatic rings. The highest BCUT2D eigenvalue weighted by molar-refractivity contribution is 6.30. The molecule has 0 spiro atoms. The molecule has 1 aliphatic carbocycles. The molecular weight excluding hydrogens is 184 g/mol. The Hall–Kier alpha value is -0.600. The summed E-state index contributed by atoms with van der Waals surface area (Å²) >= 11 is 5.75. The predicted octanol–water partition coefficient (Wildman–Crippen LogP) is 2.32. The Morgan fingerprint density at radius 1 is 1.46 bits per heavy atom. The number of nitrogens with zero attached hydrogens (tertiary/aromatic N) is 1. The van der Waals surface area contributed by atoms with Crippen LogP contribution in [-0.2, 0) is 5.54 Å². The van der Waals surface area contributed by atoms with Gasteiger partial charge in [0.25, 0.3) is 0 Å². The molecule has 2 nitrogen and oxygen atoms in total. The van der Waals surface area contributed by atoms with E-state index >= 15 is 0 Å². The van der Waals surface area contributed by atoms with Gasteiger partial charge in [0.1, 0.15) is 0 Å². The molecule has 13 heavy (non-hydrogen) atoms. The first-order chi connectivity index (χ1) is 5.96. The number of hydrogen-bond acceptors (Lipinski definition) is 2. The molecule has 0 aromatic carbocycles. The number of halogens is 1. The monoisotopic (exact) mass is 196 g/mol. The molecule has 0 amide bonds.